The highest BCUT2D eigenvalue weighted by Crippen LogP contribution is 2.32. The van der Waals surface area contributed by atoms with Crippen molar-refractivity contribution in [3.8, 4) is 0 Å². The maximum absolute atomic E-state index is 10.4. The second-order valence-corrected chi connectivity index (χ2v) is 6.22. The average Bonchev–Trinajstić information content (AvgIpc) is 2.79. The van der Waals surface area contributed by atoms with E-state index in [1.54, 1.807) is 42.5 Å². The maximum atomic E-state index is 10.4. The molecule has 1 heterocycles. The van der Waals surface area contributed by atoms with Crippen molar-refractivity contribution in [1.29, 1.82) is 0 Å². The van der Waals surface area contributed by atoms with Crippen LogP contribution in [0.2, 0.25) is 10.0 Å². The fourth-order valence-electron chi connectivity index (χ4n) is 2.07. The molecule has 1 N–H and O–H groups in total. The minimum Gasteiger partial charge on any atom is -0.458 e. The Hall–Kier alpha value is -1.00. The zero-order valence-electron chi connectivity index (χ0n) is 10.1. The third-order valence-corrected chi connectivity index (χ3v) is 3.88. The van der Waals surface area contributed by atoms with Crippen LogP contribution in [0.1, 0.15) is 17.4 Å². The van der Waals surface area contributed by atoms with Crippen LogP contribution in [0.5, 0.6) is 0 Å². The van der Waals surface area contributed by atoms with E-state index < -0.39 is 6.10 Å². The highest BCUT2D eigenvalue weighted by atomic mass is 79.9. The molecule has 0 fully saturated rings. The van der Waals surface area contributed by atoms with E-state index in [-0.39, 0.29) is 0 Å². The first-order chi connectivity index (χ1) is 9.52. The molecule has 3 rings (SSSR count). The van der Waals surface area contributed by atoms with Crippen LogP contribution in [0.4, 0.5) is 0 Å². The van der Waals surface area contributed by atoms with Crippen molar-refractivity contribution in [3.05, 3.63) is 68.3 Å². The molecular formula is C15H9BrCl2O2. The van der Waals surface area contributed by atoms with Crippen LogP contribution in [-0.2, 0) is 0 Å². The van der Waals surface area contributed by atoms with Gasteiger partial charge in [-0.3, -0.25) is 0 Å². The Morgan fingerprint density at radius 3 is 2.55 bits per heavy atom. The average molecular weight is 372 g/mol. The summed E-state index contributed by atoms with van der Waals surface area (Å²) in [6, 6.07) is 12.4. The molecule has 102 valence electrons. The van der Waals surface area contributed by atoms with Gasteiger partial charge in [-0.15, -0.1) is 0 Å². The normalized spacial score (nSPS) is 12.8. The quantitative estimate of drug-likeness (QED) is 0.637. The summed E-state index contributed by atoms with van der Waals surface area (Å²) in [5, 5.41) is 12.4. The first-order valence-electron chi connectivity index (χ1n) is 5.86. The minimum atomic E-state index is -0.879. The van der Waals surface area contributed by atoms with Crippen LogP contribution in [-0.4, -0.2) is 5.11 Å². The second kappa shape index (κ2) is 5.41. The summed E-state index contributed by atoms with van der Waals surface area (Å²) in [5.74, 6) is 0.455. The molecule has 5 heteroatoms. The summed E-state index contributed by atoms with van der Waals surface area (Å²) >= 11 is 15.3. The SMILES string of the molecule is OC(c1cc(Cl)cc(Br)c1)c1cc2cc(Cl)ccc2o1. The molecule has 1 unspecified atom stereocenters. The van der Waals surface area contributed by atoms with Crippen LogP contribution in [0.3, 0.4) is 0 Å². The Morgan fingerprint density at radius 2 is 1.80 bits per heavy atom. The van der Waals surface area contributed by atoms with Gasteiger partial charge in [-0.05, 0) is 48.0 Å². The zero-order valence-corrected chi connectivity index (χ0v) is 13.2. The Morgan fingerprint density at radius 1 is 1.00 bits per heavy atom. The summed E-state index contributed by atoms with van der Waals surface area (Å²) in [7, 11) is 0. The van der Waals surface area contributed by atoms with Gasteiger partial charge in [0.25, 0.3) is 0 Å². The molecule has 0 aliphatic heterocycles. The van der Waals surface area contributed by atoms with Crippen molar-refractivity contribution in [2.45, 2.75) is 6.10 Å². The van der Waals surface area contributed by atoms with Gasteiger partial charge < -0.3 is 9.52 Å². The molecule has 1 aromatic heterocycles. The van der Waals surface area contributed by atoms with E-state index in [4.69, 9.17) is 27.6 Å². The Labute approximate surface area is 134 Å². The summed E-state index contributed by atoms with van der Waals surface area (Å²) in [6.45, 7) is 0. The predicted molar refractivity (Wildman–Crippen MR) is 84.4 cm³/mol. The van der Waals surface area contributed by atoms with E-state index in [0.29, 0.717) is 27.0 Å². The lowest BCUT2D eigenvalue weighted by atomic mass is 10.1. The highest BCUT2D eigenvalue weighted by Gasteiger charge is 2.16. The molecule has 0 aliphatic carbocycles. The van der Waals surface area contributed by atoms with Crippen molar-refractivity contribution in [2.24, 2.45) is 0 Å². The van der Waals surface area contributed by atoms with Crippen molar-refractivity contribution in [1.82, 2.24) is 0 Å². The van der Waals surface area contributed by atoms with E-state index in [0.717, 1.165) is 9.86 Å². The summed E-state index contributed by atoms with van der Waals surface area (Å²) in [6.07, 6.45) is -0.879. The van der Waals surface area contributed by atoms with E-state index in [9.17, 15) is 5.11 Å². The van der Waals surface area contributed by atoms with Gasteiger partial charge in [-0.2, -0.15) is 0 Å². The summed E-state index contributed by atoms with van der Waals surface area (Å²) in [5.41, 5.74) is 1.35. The lowest BCUT2D eigenvalue weighted by molar-refractivity contribution is 0.192. The topological polar surface area (TPSA) is 33.4 Å². The minimum absolute atomic E-state index is 0.455. The van der Waals surface area contributed by atoms with Crippen molar-refractivity contribution in [2.75, 3.05) is 0 Å². The number of hydrogen-bond acceptors (Lipinski definition) is 2. The molecule has 2 nitrogen and oxygen atoms in total. The molecule has 0 radical (unpaired) electrons. The number of hydrogen-bond donors (Lipinski definition) is 1. The highest BCUT2D eigenvalue weighted by molar-refractivity contribution is 9.10. The van der Waals surface area contributed by atoms with E-state index in [2.05, 4.69) is 15.9 Å². The Kier molecular flexibility index (Phi) is 3.78. The van der Waals surface area contributed by atoms with Crippen molar-refractivity contribution >= 4 is 50.1 Å². The van der Waals surface area contributed by atoms with Gasteiger partial charge in [0.2, 0.25) is 0 Å². The van der Waals surface area contributed by atoms with Gasteiger partial charge in [0.1, 0.15) is 17.4 Å². The van der Waals surface area contributed by atoms with Crippen LogP contribution >= 0.6 is 39.1 Å². The summed E-state index contributed by atoms with van der Waals surface area (Å²) < 4.78 is 6.46. The van der Waals surface area contributed by atoms with Crippen LogP contribution in [0, 0.1) is 0 Å². The van der Waals surface area contributed by atoms with Crippen LogP contribution in [0.25, 0.3) is 11.0 Å². The predicted octanol–water partition coefficient (Wildman–Crippen LogP) is 5.58. The van der Waals surface area contributed by atoms with E-state index >= 15 is 0 Å². The third-order valence-electron chi connectivity index (χ3n) is 2.97. The number of aliphatic hydroxyl groups is 1. The third kappa shape index (κ3) is 2.72. The Balaban J connectivity index is 2.05. The van der Waals surface area contributed by atoms with Gasteiger partial charge >= 0.3 is 0 Å². The van der Waals surface area contributed by atoms with E-state index in [1.807, 2.05) is 0 Å². The number of furan rings is 1. The number of benzene rings is 2. The van der Waals surface area contributed by atoms with Crippen molar-refractivity contribution in [3.63, 3.8) is 0 Å². The maximum Gasteiger partial charge on any atom is 0.138 e. The molecule has 1 atom stereocenters. The molecule has 0 spiro atoms. The van der Waals surface area contributed by atoms with E-state index in [1.165, 1.54) is 0 Å². The molecule has 0 amide bonds. The number of halogens is 3. The van der Waals surface area contributed by atoms with Gasteiger partial charge in [0, 0.05) is 19.9 Å². The fourth-order valence-corrected chi connectivity index (χ4v) is 3.13. The lowest BCUT2D eigenvalue weighted by Gasteiger charge is -2.09. The van der Waals surface area contributed by atoms with Crippen LogP contribution in [0.15, 0.2) is 51.4 Å². The number of aliphatic hydroxyl groups excluding tert-OH is 1. The van der Waals surface area contributed by atoms with Gasteiger partial charge in [-0.25, -0.2) is 0 Å². The molecule has 0 aliphatic rings. The lowest BCUT2D eigenvalue weighted by Crippen LogP contribution is -1.97. The Bertz CT molecular complexity index is 762. The molecule has 0 bridgehead atoms. The molecule has 0 saturated carbocycles. The van der Waals surface area contributed by atoms with Crippen LogP contribution < -0.4 is 0 Å². The van der Waals surface area contributed by atoms with Gasteiger partial charge in [-0.1, -0.05) is 39.1 Å². The molecule has 3 aromatic rings. The number of rotatable bonds is 2. The number of fused-ring (bicyclic) bond motifs is 1. The largest absolute Gasteiger partial charge is 0.458 e. The first kappa shape index (κ1) is 14.0. The smallest absolute Gasteiger partial charge is 0.138 e. The molecular weight excluding hydrogens is 363 g/mol. The summed E-state index contributed by atoms with van der Waals surface area (Å²) in [4.78, 5) is 0. The zero-order chi connectivity index (χ0) is 14.3. The first-order valence-corrected chi connectivity index (χ1v) is 7.41. The second-order valence-electron chi connectivity index (χ2n) is 4.44. The standard InChI is InChI=1S/C15H9BrCl2O2/c16-10-3-9(5-12(18)7-10)15(19)14-6-8-4-11(17)1-2-13(8)20-14/h1-7,15,19H. The van der Waals surface area contributed by atoms with Gasteiger partial charge in [0.15, 0.2) is 0 Å². The molecule has 20 heavy (non-hydrogen) atoms. The monoisotopic (exact) mass is 370 g/mol. The molecule has 0 saturated heterocycles. The van der Waals surface area contributed by atoms with Gasteiger partial charge in [0.05, 0.1) is 0 Å². The van der Waals surface area contributed by atoms with Crippen molar-refractivity contribution < 1.29 is 9.52 Å². The fraction of sp³-hybridized carbons (Fsp3) is 0.0667. The molecule has 2 aromatic carbocycles.